The van der Waals surface area contributed by atoms with Crippen molar-refractivity contribution in [3.8, 4) is 0 Å². The van der Waals surface area contributed by atoms with E-state index in [-0.39, 0.29) is 11.0 Å². The topological polar surface area (TPSA) is 49.0 Å². The summed E-state index contributed by atoms with van der Waals surface area (Å²) in [4.78, 5) is 22.3. The van der Waals surface area contributed by atoms with Crippen LogP contribution in [0.2, 0.25) is 10.0 Å². The summed E-state index contributed by atoms with van der Waals surface area (Å²) >= 11 is 12.5. The standard InChI is InChI=1S/C19H21Cl2N3O/c1-12-22-17-14(18(25)23-12)6-8-19(17)7-3-9-24(11-19)10-13-4-2-5-15(20)16(13)21/h2,4-5H,3,6-11H2,1H3,(H,22,23,25). The van der Waals surface area contributed by atoms with Crippen molar-refractivity contribution in [1.82, 2.24) is 14.9 Å². The third-order valence-corrected chi connectivity index (χ3v) is 6.43. The molecule has 1 unspecified atom stereocenters. The van der Waals surface area contributed by atoms with Gasteiger partial charge in [0.05, 0.1) is 15.7 Å². The normalized spacial score (nSPS) is 23.2. The minimum Gasteiger partial charge on any atom is -0.311 e. The second-order valence-corrected chi connectivity index (χ2v) is 8.07. The van der Waals surface area contributed by atoms with Crippen LogP contribution in [0.5, 0.6) is 0 Å². The number of nitrogens with one attached hydrogen (secondary N) is 1. The molecule has 0 saturated carbocycles. The Bertz CT molecular complexity index is 879. The maximum absolute atomic E-state index is 12.3. The number of aromatic nitrogens is 2. The Kier molecular flexibility index (Phi) is 4.38. The van der Waals surface area contributed by atoms with Crippen LogP contribution >= 0.6 is 23.2 Å². The Hall–Kier alpha value is -1.36. The quantitative estimate of drug-likeness (QED) is 0.863. The lowest BCUT2D eigenvalue weighted by atomic mass is 9.77. The SMILES string of the molecule is Cc1nc2c(c(=O)[nH]1)CCC21CCCN(Cc2cccc(Cl)c2Cl)C1. The van der Waals surface area contributed by atoms with Gasteiger partial charge in [0.15, 0.2) is 0 Å². The highest BCUT2D eigenvalue weighted by Crippen LogP contribution is 2.43. The fraction of sp³-hybridized carbons (Fsp3) is 0.474. The molecule has 0 amide bonds. The molecule has 2 aliphatic rings. The molecule has 1 spiro atoms. The van der Waals surface area contributed by atoms with Gasteiger partial charge in [0, 0.05) is 24.1 Å². The van der Waals surface area contributed by atoms with Crippen LogP contribution in [0.3, 0.4) is 0 Å². The second-order valence-electron chi connectivity index (χ2n) is 7.29. The lowest BCUT2D eigenvalue weighted by Gasteiger charge is -2.40. The van der Waals surface area contributed by atoms with Gasteiger partial charge < -0.3 is 4.98 Å². The first-order valence-electron chi connectivity index (χ1n) is 8.74. The van der Waals surface area contributed by atoms with Gasteiger partial charge in [-0.05, 0) is 50.8 Å². The minimum atomic E-state index is -0.00233. The highest BCUT2D eigenvalue weighted by molar-refractivity contribution is 6.42. The molecular weight excluding hydrogens is 357 g/mol. The van der Waals surface area contributed by atoms with Crippen LogP contribution in [0.1, 0.15) is 41.9 Å². The van der Waals surface area contributed by atoms with E-state index in [1.165, 1.54) is 0 Å². The van der Waals surface area contributed by atoms with Crippen LogP contribution in [0.25, 0.3) is 0 Å². The molecule has 6 heteroatoms. The zero-order valence-corrected chi connectivity index (χ0v) is 15.8. The molecule has 1 aliphatic carbocycles. The minimum absolute atomic E-state index is 0.00233. The monoisotopic (exact) mass is 377 g/mol. The third kappa shape index (κ3) is 3.01. The van der Waals surface area contributed by atoms with Gasteiger partial charge in [0.2, 0.25) is 0 Å². The van der Waals surface area contributed by atoms with Crippen molar-refractivity contribution in [3.05, 3.63) is 61.2 Å². The first-order chi connectivity index (χ1) is 12.0. The lowest BCUT2D eigenvalue weighted by molar-refractivity contribution is 0.136. The number of hydrogen-bond donors (Lipinski definition) is 1. The molecular formula is C19H21Cl2N3O. The maximum atomic E-state index is 12.3. The summed E-state index contributed by atoms with van der Waals surface area (Å²) in [5.74, 6) is 0.708. The Balaban J connectivity index is 1.63. The zero-order chi connectivity index (χ0) is 17.6. The lowest BCUT2D eigenvalue weighted by Crippen LogP contribution is -2.45. The highest BCUT2D eigenvalue weighted by atomic mass is 35.5. The number of benzene rings is 1. The van der Waals surface area contributed by atoms with E-state index in [0.29, 0.717) is 15.9 Å². The number of nitrogens with zero attached hydrogens (tertiary/aromatic N) is 2. The molecule has 1 aliphatic heterocycles. The Morgan fingerprint density at radius 2 is 2.16 bits per heavy atom. The molecule has 4 rings (SSSR count). The molecule has 25 heavy (non-hydrogen) atoms. The summed E-state index contributed by atoms with van der Waals surface area (Å²) in [6, 6.07) is 5.79. The number of aromatic amines is 1. The summed E-state index contributed by atoms with van der Waals surface area (Å²) < 4.78 is 0. The van der Waals surface area contributed by atoms with Crippen molar-refractivity contribution >= 4 is 23.2 Å². The van der Waals surface area contributed by atoms with E-state index in [0.717, 1.165) is 62.1 Å². The zero-order valence-electron chi connectivity index (χ0n) is 14.2. The first kappa shape index (κ1) is 17.1. The number of rotatable bonds is 2. The van der Waals surface area contributed by atoms with Gasteiger partial charge in [-0.3, -0.25) is 9.69 Å². The number of H-pyrrole nitrogens is 1. The van der Waals surface area contributed by atoms with Crippen molar-refractivity contribution < 1.29 is 0 Å². The molecule has 0 radical (unpaired) electrons. The van der Waals surface area contributed by atoms with Crippen LogP contribution in [0.4, 0.5) is 0 Å². The van der Waals surface area contributed by atoms with Gasteiger partial charge in [-0.15, -0.1) is 0 Å². The van der Waals surface area contributed by atoms with E-state index < -0.39 is 0 Å². The molecule has 4 nitrogen and oxygen atoms in total. The summed E-state index contributed by atoms with van der Waals surface area (Å²) in [5, 5.41) is 1.24. The number of aryl methyl sites for hydroxylation is 1. The van der Waals surface area contributed by atoms with Gasteiger partial charge >= 0.3 is 0 Å². The number of hydrogen-bond acceptors (Lipinski definition) is 3. The van der Waals surface area contributed by atoms with E-state index in [2.05, 4.69) is 9.88 Å². The molecule has 2 aromatic rings. The van der Waals surface area contributed by atoms with Gasteiger partial charge in [0.25, 0.3) is 5.56 Å². The van der Waals surface area contributed by atoms with E-state index in [1.54, 1.807) is 0 Å². The number of halogens is 2. The van der Waals surface area contributed by atoms with Crippen molar-refractivity contribution in [2.45, 2.75) is 44.6 Å². The molecule has 1 fully saturated rings. The van der Waals surface area contributed by atoms with E-state index in [1.807, 2.05) is 25.1 Å². The van der Waals surface area contributed by atoms with E-state index >= 15 is 0 Å². The number of fused-ring (bicyclic) bond motifs is 2. The average molecular weight is 378 g/mol. The highest BCUT2D eigenvalue weighted by Gasteiger charge is 2.44. The molecule has 1 aromatic carbocycles. The van der Waals surface area contributed by atoms with Gasteiger partial charge in [-0.1, -0.05) is 35.3 Å². The fourth-order valence-electron chi connectivity index (χ4n) is 4.43. The Morgan fingerprint density at radius 3 is 3.00 bits per heavy atom. The van der Waals surface area contributed by atoms with Gasteiger partial charge in [0.1, 0.15) is 5.82 Å². The Morgan fingerprint density at radius 1 is 1.32 bits per heavy atom. The van der Waals surface area contributed by atoms with Gasteiger partial charge in [-0.25, -0.2) is 4.98 Å². The predicted molar refractivity (Wildman–Crippen MR) is 101 cm³/mol. The molecule has 1 atom stereocenters. The molecule has 2 heterocycles. The van der Waals surface area contributed by atoms with Crippen LogP contribution in [0.15, 0.2) is 23.0 Å². The van der Waals surface area contributed by atoms with Crippen molar-refractivity contribution in [1.29, 1.82) is 0 Å². The van der Waals surface area contributed by atoms with E-state index in [9.17, 15) is 4.79 Å². The molecule has 1 saturated heterocycles. The van der Waals surface area contributed by atoms with Gasteiger partial charge in [-0.2, -0.15) is 0 Å². The second kappa shape index (κ2) is 6.42. The summed E-state index contributed by atoms with van der Waals surface area (Å²) in [7, 11) is 0. The van der Waals surface area contributed by atoms with Crippen molar-refractivity contribution in [3.63, 3.8) is 0 Å². The summed E-state index contributed by atoms with van der Waals surface area (Å²) in [6.45, 7) is 4.58. The average Bonchev–Trinajstić information content (AvgIpc) is 2.90. The Labute approximate surface area is 157 Å². The predicted octanol–water partition coefficient (Wildman–Crippen LogP) is 3.87. The van der Waals surface area contributed by atoms with Crippen LogP contribution < -0.4 is 5.56 Å². The molecule has 132 valence electrons. The first-order valence-corrected chi connectivity index (χ1v) is 9.50. The summed E-state index contributed by atoms with van der Waals surface area (Å²) in [6.07, 6.45) is 4.02. The van der Waals surface area contributed by atoms with Crippen LogP contribution in [-0.2, 0) is 18.4 Å². The largest absolute Gasteiger partial charge is 0.311 e. The number of piperidine rings is 1. The number of likely N-dealkylation sites (tertiary alicyclic amines) is 1. The van der Waals surface area contributed by atoms with E-state index in [4.69, 9.17) is 28.2 Å². The fourth-order valence-corrected chi connectivity index (χ4v) is 4.81. The van der Waals surface area contributed by atoms with Crippen LogP contribution in [0, 0.1) is 6.92 Å². The van der Waals surface area contributed by atoms with Crippen LogP contribution in [-0.4, -0.2) is 28.0 Å². The molecule has 1 aromatic heterocycles. The molecule has 1 N–H and O–H groups in total. The smallest absolute Gasteiger partial charge is 0.254 e. The maximum Gasteiger partial charge on any atom is 0.254 e. The van der Waals surface area contributed by atoms with Crippen molar-refractivity contribution in [2.24, 2.45) is 0 Å². The summed E-state index contributed by atoms with van der Waals surface area (Å²) in [5.41, 5.74) is 3.00. The van der Waals surface area contributed by atoms with Crippen molar-refractivity contribution in [2.75, 3.05) is 13.1 Å². The third-order valence-electron chi connectivity index (χ3n) is 5.57. The molecule has 0 bridgehead atoms.